The Morgan fingerprint density at radius 2 is 0.967 bits per heavy atom. The second-order valence-corrected chi connectivity index (χ2v) is 19.6. The van der Waals surface area contributed by atoms with Crippen molar-refractivity contribution in [3.63, 3.8) is 0 Å². The molecule has 356 valence electrons. The molecule has 0 aromatic carbocycles. The summed E-state index contributed by atoms with van der Waals surface area (Å²) in [5.74, 6) is -0.212. The van der Waals surface area contributed by atoms with E-state index in [0.29, 0.717) is 17.4 Å². The zero-order valence-electron chi connectivity index (χ0n) is 40.4. The Bertz CT molecular complexity index is 1180. The van der Waals surface area contributed by atoms with Gasteiger partial charge in [0.2, 0.25) is 5.91 Å². The van der Waals surface area contributed by atoms with Gasteiger partial charge in [0.25, 0.3) is 7.82 Å². The maximum Gasteiger partial charge on any atom is 0.268 e. The molecule has 0 heterocycles. The predicted octanol–water partition coefficient (Wildman–Crippen LogP) is 14.0. The van der Waals surface area contributed by atoms with Crippen LogP contribution in [0.4, 0.5) is 0 Å². The summed E-state index contributed by atoms with van der Waals surface area (Å²) in [5, 5.41) is 13.7. The summed E-state index contributed by atoms with van der Waals surface area (Å²) in [6.45, 7) is 4.57. The second-order valence-electron chi connectivity index (χ2n) is 18.2. The predicted molar refractivity (Wildman–Crippen MR) is 261 cm³/mol. The van der Waals surface area contributed by atoms with E-state index in [9.17, 15) is 19.4 Å². The first-order chi connectivity index (χ1) is 29.5. The van der Waals surface area contributed by atoms with Crippen molar-refractivity contribution in [3.8, 4) is 0 Å². The summed E-state index contributed by atoms with van der Waals surface area (Å²) in [4.78, 5) is 25.3. The molecule has 9 heteroatoms. The number of rotatable bonds is 45. The Hall–Kier alpha value is -1.80. The quantitative estimate of drug-likeness (QED) is 0.0273. The lowest BCUT2D eigenvalue weighted by Gasteiger charge is -2.29. The van der Waals surface area contributed by atoms with Crippen molar-refractivity contribution >= 4 is 13.7 Å². The fourth-order valence-electron chi connectivity index (χ4n) is 6.94. The highest BCUT2D eigenvalue weighted by atomic mass is 31.2. The number of hydrogen-bond acceptors (Lipinski definition) is 6. The number of quaternary nitrogens is 1. The average molecular weight is 877 g/mol. The molecule has 0 aliphatic rings. The van der Waals surface area contributed by atoms with E-state index in [1.54, 1.807) is 6.08 Å². The van der Waals surface area contributed by atoms with Crippen LogP contribution in [0, 0.1) is 0 Å². The standard InChI is InChI=1S/C52H97N2O6P/c1-6-8-10-12-14-16-18-19-20-21-22-23-24-25-26-27-28-29-30-31-32-33-34-35-36-38-40-42-44-46-52(56)53-50(49-60-61(57,58)59-48-47-54(3,4)5)51(55)45-43-41-39-37-17-15-13-11-9-7-2/h17-19,21-22,24-25,37,43,45,50-51,55H,6-16,20,23,26-36,38-42,44,46-49H2,1-5H3,(H-,53,56,57,58)/b19-18-,22-21-,25-24-,37-17+,45-43+. The number of nitrogens with one attached hydrogen (secondary N) is 1. The van der Waals surface area contributed by atoms with Gasteiger partial charge in [-0.25, -0.2) is 0 Å². The van der Waals surface area contributed by atoms with Gasteiger partial charge in [-0.15, -0.1) is 0 Å². The molecule has 2 N–H and O–H groups in total. The normalized spacial score (nSPS) is 14.7. The van der Waals surface area contributed by atoms with Crippen LogP contribution in [-0.4, -0.2) is 68.5 Å². The van der Waals surface area contributed by atoms with Gasteiger partial charge < -0.3 is 28.8 Å². The van der Waals surface area contributed by atoms with Crippen molar-refractivity contribution in [2.75, 3.05) is 40.9 Å². The van der Waals surface area contributed by atoms with Gasteiger partial charge in [-0.2, -0.15) is 0 Å². The number of amides is 1. The average Bonchev–Trinajstić information content (AvgIpc) is 3.21. The molecule has 0 aliphatic heterocycles. The summed E-state index contributed by atoms with van der Waals surface area (Å²) in [7, 11) is 1.24. The van der Waals surface area contributed by atoms with Crippen LogP contribution < -0.4 is 10.2 Å². The Balaban J connectivity index is 4.11. The maximum absolute atomic E-state index is 12.9. The van der Waals surface area contributed by atoms with Crippen LogP contribution in [0.2, 0.25) is 0 Å². The van der Waals surface area contributed by atoms with Gasteiger partial charge in [-0.1, -0.05) is 197 Å². The van der Waals surface area contributed by atoms with Gasteiger partial charge in [-0.3, -0.25) is 9.36 Å². The minimum absolute atomic E-state index is 0.00819. The SMILES string of the molecule is CCCCCC/C=C/CC/C=C/C(O)C(COP(=O)([O-])OCC[N+](C)(C)C)NC(=O)CCCCCCCCCCCCCCCC/C=C\C/C=C\C/C=C\CCCCCCC. The molecule has 3 atom stereocenters. The lowest BCUT2D eigenvalue weighted by Crippen LogP contribution is -2.45. The van der Waals surface area contributed by atoms with Crippen molar-refractivity contribution < 1.29 is 32.9 Å². The lowest BCUT2D eigenvalue weighted by molar-refractivity contribution is -0.870. The Morgan fingerprint density at radius 3 is 1.46 bits per heavy atom. The largest absolute Gasteiger partial charge is 0.756 e. The van der Waals surface area contributed by atoms with E-state index >= 15 is 0 Å². The smallest absolute Gasteiger partial charge is 0.268 e. The third kappa shape index (κ3) is 46.0. The number of unbranched alkanes of at least 4 members (excludes halogenated alkanes) is 24. The molecule has 0 spiro atoms. The lowest BCUT2D eigenvalue weighted by atomic mass is 10.0. The first kappa shape index (κ1) is 59.2. The van der Waals surface area contributed by atoms with Crippen molar-refractivity contribution in [2.45, 2.75) is 225 Å². The van der Waals surface area contributed by atoms with E-state index in [1.807, 2.05) is 27.2 Å². The molecule has 61 heavy (non-hydrogen) atoms. The Morgan fingerprint density at radius 1 is 0.574 bits per heavy atom. The summed E-state index contributed by atoms with van der Waals surface area (Å²) in [5.41, 5.74) is 0. The van der Waals surface area contributed by atoms with Crippen LogP contribution in [0.15, 0.2) is 60.8 Å². The van der Waals surface area contributed by atoms with Crippen LogP contribution in [0.25, 0.3) is 0 Å². The number of allylic oxidation sites excluding steroid dienone is 9. The second kappa shape index (κ2) is 43.5. The van der Waals surface area contributed by atoms with Crippen molar-refractivity contribution in [1.29, 1.82) is 0 Å². The van der Waals surface area contributed by atoms with Gasteiger partial charge in [0.15, 0.2) is 0 Å². The fraction of sp³-hybridized carbons (Fsp3) is 0.788. The first-order valence-corrected chi connectivity index (χ1v) is 26.6. The monoisotopic (exact) mass is 877 g/mol. The van der Waals surface area contributed by atoms with Crippen molar-refractivity contribution in [1.82, 2.24) is 5.32 Å². The Kier molecular flexibility index (Phi) is 42.2. The van der Waals surface area contributed by atoms with E-state index < -0.39 is 26.6 Å². The van der Waals surface area contributed by atoms with Gasteiger partial charge in [0.1, 0.15) is 13.2 Å². The van der Waals surface area contributed by atoms with E-state index in [0.717, 1.165) is 51.4 Å². The van der Waals surface area contributed by atoms with Gasteiger partial charge in [-0.05, 0) is 70.6 Å². The van der Waals surface area contributed by atoms with Crippen LogP contribution in [0.1, 0.15) is 213 Å². The van der Waals surface area contributed by atoms with Crippen molar-refractivity contribution in [2.24, 2.45) is 0 Å². The van der Waals surface area contributed by atoms with E-state index in [2.05, 4.69) is 67.8 Å². The number of carbonyl (C=O) groups excluding carboxylic acids is 1. The molecule has 0 aromatic heterocycles. The van der Waals surface area contributed by atoms with Gasteiger partial charge in [0.05, 0.1) is 39.9 Å². The van der Waals surface area contributed by atoms with Crippen LogP contribution >= 0.6 is 7.82 Å². The van der Waals surface area contributed by atoms with Gasteiger partial charge >= 0.3 is 0 Å². The molecule has 0 aromatic rings. The number of nitrogens with zero attached hydrogens (tertiary/aromatic N) is 1. The number of phosphoric ester groups is 1. The van der Waals surface area contributed by atoms with Crippen LogP contribution in [0.5, 0.6) is 0 Å². The molecule has 3 unspecified atom stereocenters. The molecule has 0 fully saturated rings. The molecule has 0 rings (SSSR count). The molecule has 0 saturated carbocycles. The first-order valence-electron chi connectivity index (χ1n) is 25.2. The van der Waals surface area contributed by atoms with Gasteiger partial charge in [0, 0.05) is 6.42 Å². The minimum atomic E-state index is -4.59. The number of hydrogen-bond donors (Lipinski definition) is 2. The van der Waals surface area contributed by atoms with Crippen LogP contribution in [-0.2, 0) is 18.4 Å². The molecule has 1 amide bonds. The number of phosphoric acid groups is 1. The zero-order chi connectivity index (χ0) is 45.0. The highest BCUT2D eigenvalue weighted by molar-refractivity contribution is 7.45. The van der Waals surface area contributed by atoms with E-state index in [-0.39, 0.29) is 12.5 Å². The third-order valence-electron chi connectivity index (χ3n) is 10.9. The maximum atomic E-state index is 12.9. The third-order valence-corrected chi connectivity index (χ3v) is 11.9. The number of carbonyl (C=O) groups is 1. The molecule has 0 saturated heterocycles. The number of aliphatic hydroxyl groups excluding tert-OH is 1. The topological polar surface area (TPSA) is 108 Å². The van der Waals surface area contributed by atoms with E-state index in [4.69, 9.17) is 9.05 Å². The van der Waals surface area contributed by atoms with E-state index in [1.165, 1.54) is 141 Å². The fourth-order valence-corrected chi connectivity index (χ4v) is 7.66. The molecule has 0 bridgehead atoms. The van der Waals surface area contributed by atoms with Crippen LogP contribution in [0.3, 0.4) is 0 Å². The molecule has 0 aliphatic carbocycles. The highest BCUT2D eigenvalue weighted by Crippen LogP contribution is 2.38. The zero-order valence-corrected chi connectivity index (χ0v) is 41.2. The summed E-state index contributed by atoms with van der Waals surface area (Å²) >= 11 is 0. The number of aliphatic hydroxyl groups is 1. The molecule has 8 nitrogen and oxygen atoms in total. The summed E-state index contributed by atoms with van der Waals surface area (Å²) < 4.78 is 23.2. The van der Waals surface area contributed by atoms with Crippen molar-refractivity contribution in [3.05, 3.63) is 60.8 Å². The summed E-state index contributed by atoms with van der Waals surface area (Å²) in [6, 6.07) is -0.903. The molecular formula is C52H97N2O6P. The molecule has 0 radical (unpaired) electrons. The number of likely N-dealkylation sites (N-methyl/N-ethyl adjacent to an activating group) is 1. The Labute approximate surface area is 377 Å². The highest BCUT2D eigenvalue weighted by Gasteiger charge is 2.23. The summed E-state index contributed by atoms with van der Waals surface area (Å²) in [6.07, 6.45) is 57.3. The molecular weight excluding hydrogens is 780 g/mol. The minimum Gasteiger partial charge on any atom is -0.756 e.